The van der Waals surface area contributed by atoms with E-state index in [1.165, 1.54) is 4.90 Å². The van der Waals surface area contributed by atoms with E-state index < -0.39 is 63.4 Å². The van der Waals surface area contributed by atoms with Gasteiger partial charge in [-0.05, 0) is 58.9 Å². The van der Waals surface area contributed by atoms with Crippen molar-refractivity contribution in [1.29, 1.82) is 0 Å². The van der Waals surface area contributed by atoms with Gasteiger partial charge in [-0.15, -0.1) is 0 Å². The van der Waals surface area contributed by atoms with Gasteiger partial charge in [-0.3, -0.25) is 19.4 Å². The number of esters is 1. The van der Waals surface area contributed by atoms with E-state index in [-0.39, 0.29) is 51.5 Å². The van der Waals surface area contributed by atoms with Gasteiger partial charge in [0.15, 0.2) is 5.96 Å². The number of guanidine groups is 1. The molecule has 1 fully saturated rings. The minimum atomic E-state index is -4.08. The maximum absolute atomic E-state index is 13.8. The van der Waals surface area contributed by atoms with E-state index in [4.69, 9.17) is 20.9 Å². The molecule has 1 unspecified atom stereocenters. The molecule has 1 aliphatic rings. The summed E-state index contributed by atoms with van der Waals surface area (Å²) in [5.41, 5.74) is 10.7. The lowest BCUT2D eigenvalue weighted by molar-refractivity contribution is -0.141. The average Bonchev–Trinajstić information content (AvgIpc) is 3.44. The Kier molecular flexibility index (Phi) is 14.5. The first-order chi connectivity index (χ1) is 21.1. The van der Waals surface area contributed by atoms with E-state index in [1.54, 1.807) is 27.7 Å². The van der Waals surface area contributed by atoms with Gasteiger partial charge in [-0.2, -0.15) is 0 Å². The molecule has 1 aromatic carbocycles. The minimum Gasteiger partial charge on any atom is -0.465 e. The highest BCUT2D eigenvalue weighted by atomic mass is 32.2. The lowest BCUT2D eigenvalue weighted by atomic mass is 10.0. The summed E-state index contributed by atoms with van der Waals surface area (Å²) in [4.78, 5) is 56.9. The molecule has 3 atom stereocenters. The first kappa shape index (κ1) is 37.3. The maximum atomic E-state index is 13.8. The van der Waals surface area contributed by atoms with Crippen LogP contribution in [0, 0.1) is 0 Å². The van der Waals surface area contributed by atoms with Crippen molar-refractivity contribution < 1.29 is 37.1 Å². The molecule has 1 heterocycles. The molecule has 7 N–H and O–H groups in total. The van der Waals surface area contributed by atoms with Gasteiger partial charge >= 0.3 is 12.1 Å². The van der Waals surface area contributed by atoms with Gasteiger partial charge in [-0.1, -0.05) is 30.3 Å². The highest BCUT2D eigenvalue weighted by Crippen LogP contribution is 2.20. The van der Waals surface area contributed by atoms with Crippen molar-refractivity contribution in [3.8, 4) is 0 Å². The topological polar surface area (TPSA) is 225 Å². The molecule has 45 heavy (non-hydrogen) atoms. The van der Waals surface area contributed by atoms with Crippen molar-refractivity contribution in [3.63, 3.8) is 0 Å². The van der Waals surface area contributed by atoms with Gasteiger partial charge in [0, 0.05) is 26.1 Å². The van der Waals surface area contributed by atoms with E-state index in [0.29, 0.717) is 12.8 Å². The third-order valence-corrected chi connectivity index (χ3v) is 8.58. The van der Waals surface area contributed by atoms with E-state index in [2.05, 4.69) is 20.3 Å². The molecule has 1 saturated heterocycles. The van der Waals surface area contributed by atoms with E-state index in [1.807, 2.05) is 30.3 Å². The Morgan fingerprint density at radius 3 is 2.44 bits per heavy atom. The molecule has 16 heteroatoms. The summed E-state index contributed by atoms with van der Waals surface area (Å²) in [6.45, 7) is 6.41. The van der Waals surface area contributed by atoms with E-state index >= 15 is 0 Å². The Balaban J connectivity index is 2.17. The monoisotopic (exact) mass is 653 g/mol. The third kappa shape index (κ3) is 13.3. The Hall–Kier alpha value is -3.92. The van der Waals surface area contributed by atoms with Crippen molar-refractivity contribution in [3.05, 3.63) is 35.9 Å². The molecule has 0 bridgehead atoms. The molecule has 0 saturated carbocycles. The fourth-order valence-electron chi connectivity index (χ4n) is 4.72. The van der Waals surface area contributed by atoms with Gasteiger partial charge in [0.25, 0.3) is 0 Å². The number of nitrogens with two attached hydrogens (primary N) is 2. The number of hydrogen-bond donors (Lipinski definition) is 5. The standard InChI is InChI=1S/C29H47N7O8S/c1-5-43-24(37)19-34-45(41,42)21(13-9-15-32-27(30)31)18-33-25(38)23-14-10-16-36(23)26(39)22(17-20-11-7-6-8-12-20)35-28(40)44-29(2,3)4/h6-8,11-12,21-23,34H,5,9-10,13-19H2,1-4H3,(H,33,38)(H,35,40)(H4,30,31,32)/t21?,22-,23+/m1/s1. The number of carbonyl (C=O) groups excluding carboxylic acids is 4. The second-order valence-corrected chi connectivity index (χ2v) is 13.6. The van der Waals surface area contributed by atoms with Crippen LogP contribution in [0.15, 0.2) is 35.3 Å². The predicted octanol–water partition coefficient (Wildman–Crippen LogP) is 0.134. The number of amides is 3. The van der Waals surface area contributed by atoms with Crippen LogP contribution in [0.25, 0.3) is 0 Å². The molecule has 2 rings (SSSR count). The number of likely N-dealkylation sites (tertiary alicyclic amines) is 1. The highest BCUT2D eigenvalue weighted by molar-refractivity contribution is 7.90. The molecular weight excluding hydrogens is 606 g/mol. The van der Waals surface area contributed by atoms with Gasteiger partial charge in [0.05, 0.1) is 11.9 Å². The SMILES string of the molecule is CCOC(=O)CNS(=O)(=O)C(CCCN=C(N)N)CNC(=O)[C@@H]1CCCN1C(=O)[C@@H](Cc1ccccc1)NC(=O)OC(C)(C)C. The van der Waals surface area contributed by atoms with Crippen LogP contribution in [-0.2, 0) is 40.3 Å². The van der Waals surface area contributed by atoms with E-state index in [9.17, 15) is 27.6 Å². The normalized spacial score (nSPS) is 16.3. The molecule has 1 aliphatic heterocycles. The molecule has 252 valence electrons. The van der Waals surface area contributed by atoms with Crippen molar-refractivity contribution in [2.24, 2.45) is 16.5 Å². The molecule has 1 aromatic rings. The van der Waals surface area contributed by atoms with Crippen LogP contribution in [0.3, 0.4) is 0 Å². The number of ether oxygens (including phenoxy) is 2. The number of rotatable bonds is 16. The quantitative estimate of drug-likeness (QED) is 0.0702. The number of benzene rings is 1. The van der Waals surface area contributed by atoms with Crippen molar-refractivity contribution in [2.75, 3.05) is 32.8 Å². The lowest BCUT2D eigenvalue weighted by Crippen LogP contribution is -2.55. The van der Waals surface area contributed by atoms with Crippen LogP contribution in [-0.4, -0.2) is 98.9 Å². The smallest absolute Gasteiger partial charge is 0.408 e. The number of aliphatic imine (C=N–C) groups is 1. The second kappa shape index (κ2) is 17.5. The van der Waals surface area contributed by atoms with Crippen LogP contribution < -0.4 is 26.8 Å². The van der Waals surface area contributed by atoms with Gasteiger partial charge < -0.3 is 36.5 Å². The fourth-order valence-corrected chi connectivity index (χ4v) is 6.05. The van der Waals surface area contributed by atoms with Crippen LogP contribution in [0.1, 0.15) is 58.9 Å². The minimum absolute atomic E-state index is 0.0709. The zero-order valence-electron chi connectivity index (χ0n) is 26.4. The summed E-state index contributed by atoms with van der Waals surface area (Å²) in [5.74, 6) is -1.87. The van der Waals surface area contributed by atoms with Crippen LogP contribution in [0.5, 0.6) is 0 Å². The number of nitrogens with one attached hydrogen (secondary N) is 3. The third-order valence-electron chi connectivity index (χ3n) is 6.75. The molecule has 0 aromatic heterocycles. The molecule has 0 radical (unpaired) electrons. The number of alkyl carbamates (subject to hydrolysis) is 1. The predicted molar refractivity (Wildman–Crippen MR) is 168 cm³/mol. The van der Waals surface area contributed by atoms with Gasteiger partial charge in [-0.25, -0.2) is 17.9 Å². The highest BCUT2D eigenvalue weighted by Gasteiger charge is 2.39. The zero-order chi connectivity index (χ0) is 33.6. The van der Waals surface area contributed by atoms with Crippen molar-refractivity contribution in [2.45, 2.75) is 82.7 Å². The molecule has 0 spiro atoms. The lowest BCUT2D eigenvalue weighted by Gasteiger charge is -2.30. The first-order valence-corrected chi connectivity index (χ1v) is 16.5. The largest absolute Gasteiger partial charge is 0.465 e. The number of hydrogen-bond acceptors (Lipinski definition) is 9. The summed E-state index contributed by atoms with van der Waals surface area (Å²) in [6, 6.07) is 7.24. The summed E-state index contributed by atoms with van der Waals surface area (Å²) in [7, 11) is -4.08. The van der Waals surface area contributed by atoms with Crippen LogP contribution in [0.4, 0.5) is 4.79 Å². The van der Waals surface area contributed by atoms with Gasteiger partial charge in [0.2, 0.25) is 21.8 Å². The number of carbonyl (C=O) groups is 4. The Bertz CT molecular complexity index is 1280. The second-order valence-electron chi connectivity index (χ2n) is 11.6. The summed E-state index contributed by atoms with van der Waals surface area (Å²) < 4.78 is 38.5. The van der Waals surface area contributed by atoms with Crippen LogP contribution in [0.2, 0.25) is 0 Å². The average molecular weight is 654 g/mol. The zero-order valence-corrected chi connectivity index (χ0v) is 27.2. The molecule has 0 aliphatic carbocycles. The first-order valence-electron chi connectivity index (χ1n) is 14.9. The summed E-state index contributed by atoms with van der Waals surface area (Å²) >= 11 is 0. The van der Waals surface area contributed by atoms with Crippen molar-refractivity contribution in [1.82, 2.24) is 20.3 Å². The Morgan fingerprint density at radius 1 is 1.13 bits per heavy atom. The Labute approximate surface area is 264 Å². The Morgan fingerprint density at radius 2 is 1.82 bits per heavy atom. The molecular formula is C29H47N7O8S. The van der Waals surface area contributed by atoms with Crippen LogP contribution >= 0.6 is 0 Å². The van der Waals surface area contributed by atoms with E-state index in [0.717, 1.165) is 5.56 Å². The summed E-state index contributed by atoms with van der Waals surface area (Å²) in [6.07, 6.45) is 0.652. The summed E-state index contributed by atoms with van der Waals surface area (Å²) in [5, 5.41) is 4.20. The van der Waals surface area contributed by atoms with Crippen molar-refractivity contribution >= 4 is 39.9 Å². The fraction of sp³-hybridized carbons (Fsp3) is 0.621. The van der Waals surface area contributed by atoms with Gasteiger partial charge in [0.1, 0.15) is 24.2 Å². The molecule has 3 amide bonds. The number of sulfonamides is 1. The molecule has 15 nitrogen and oxygen atoms in total. The maximum Gasteiger partial charge on any atom is 0.408 e. The number of nitrogens with zero attached hydrogens (tertiary/aromatic N) is 2.